The summed E-state index contributed by atoms with van der Waals surface area (Å²) < 4.78 is 11.6. The molecule has 1 saturated carbocycles. The molecule has 4 atom stereocenters. The summed E-state index contributed by atoms with van der Waals surface area (Å²) in [5.41, 5.74) is 0.0903. The molecule has 3 N–H and O–H groups in total. The zero-order chi connectivity index (χ0) is 32.5. The number of hydrogen-bond acceptors (Lipinski definition) is 10. The number of fused-ring (bicyclic) bond motifs is 5. The topological polar surface area (TPSA) is 137 Å². The summed E-state index contributed by atoms with van der Waals surface area (Å²) in [6.45, 7) is 3.71. The molecule has 3 aliphatic carbocycles. The molecule has 238 valence electrons. The van der Waals surface area contributed by atoms with Crippen LogP contribution < -0.4 is 4.74 Å². The average molecular weight is 624 g/mol. The number of aromatic hydroxyl groups is 1. The highest BCUT2D eigenvalue weighted by atomic mass is 16.5. The zero-order valence-corrected chi connectivity index (χ0v) is 26.3. The molecule has 0 saturated heterocycles. The molecule has 0 aliphatic heterocycles. The predicted molar refractivity (Wildman–Crippen MR) is 170 cm³/mol. The number of aliphatic hydroxyl groups excluding tert-OH is 1. The third kappa shape index (κ3) is 4.46. The van der Waals surface area contributed by atoms with Gasteiger partial charge in [0.15, 0.2) is 11.4 Å². The van der Waals surface area contributed by atoms with Gasteiger partial charge in [-0.05, 0) is 79.7 Å². The zero-order valence-electron chi connectivity index (χ0n) is 26.3. The molecule has 1 fully saturated rings. The highest BCUT2D eigenvalue weighted by Crippen LogP contribution is 2.56. The van der Waals surface area contributed by atoms with Gasteiger partial charge in [0.05, 0.1) is 11.6 Å². The second-order valence-corrected chi connectivity index (χ2v) is 13.0. The Balaban J connectivity index is 1.31. The van der Waals surface area contributed by atoms with E-state index < -0.39 is 40.8 Å². The van der Waals surface area contributed by atoms with Crippen LogP contribution in [0, 0.1) is 11.8 Å². The summed E-state index contributed by atoms with van der Waals surface area (Å²) >= 11 is 0. The van der Waals surface area contributed by atoms with E-state index in [1.54, 1.807) is 19.0 Å². The molecule has 46 heavy (non-hydrogen) atoms. The number of carbonyl (C=O) groups is 2. The fraction of sp³-hybridized carbons (Fsp3) is 0.361. The highest BCUT2D eigenvalue weighted by molar-refractivity contribution is 6.26. The lowest BCUT2D eigenvalue weighted by atomic mass is 9.57. The third-order valence-corrected chi connectivity index (χ3v) is 9.97. The second kappa shape index (κ2) is 11.1. The van der Waals surface area contributed by atoms with Crippen LogP contribution >= 0.6 is 0 Å². The van der Waals surface area contributed by atoms with Gasteiger partial charge in [-0.15, -0.1) is 0 Å². The standard InChI is InChI=1S/C36H37N3O7/c1-5-39(4)17-20-11-12-21-14-22-15-23-16-25-29(38(2)3)32-28(35(37-46-32)45-18-19-9-7-6-8-10-19)34(43)36(25,44)33(42)27(23)31(41)26(22)30(40)24(21)13-20/h6-14,23,25,29,40-41,44H,5,15-18H2,1-4H3/t23-,25-,29-,36-/m0/s1. The Hall–Kier alpha value is -4.51. The van der Waals surface area contributed by atoms with Crippen molar-refractivity contribution in [1.29, 1.82) is 0 Å². The Bertz CT molecular complexity index is 1910. The van der Waals surface area contributed by atoms with E-state index >= 15 is 0 Å². The minimum Gasteiger partial charge on any atom is -0.507 e. The summed E-state index contributed by atoms with van der Waals surface area (Å²) in [5, 5.41) is 40.9. The van der Waals surface area contributed by atoms with E-state index in [0.29, 0.717) is 23.9 Å². The van der Waals surface area contributed by atoms with Crippen molar-refractivity contribution in [2.24, 2.45) is 11.8 Å². The maximum absolute atomic E-state index is 14.4. The number of rotatable bonds is 7. The van der Waals surface area contributed by atoms with E-state index in [1.807, 2.05) is 61.6 Å². The summed E-state index contributed by atoms with van der Waals surface area (Å²) in [5.74, 6) is -3.49. The molecule has 10 heteroatoms. The van der Waals surface area contributed by atoms with E-state index in [4.69, 9.17) is 9.26 Å². The van der Waals surface area contributed by atoms with Crippen molar-refractivity contribution in [2.45, 2.75) is 44.6 Å². The summed E-state index contributed by atoms with van der Waals surface area (Å²) in [4.78, 5) is 32.6. The van der Waals surface area contributed by atoms with Gasteiger partial charge in [0.2, 0.25) is 11.6 Å². The smallest absolute Gasteiger partial charge is 0.265 e. The van der Waals surface area contributed by atoms with Crippen molar-refractivity contribution >= 4 is 28.1 Å². The quantitative estimate of drug-likeness (QED) is 0.246. The summed E-state index contributed by atoms with van der Waals surface area (Å²) in [6, 6.07) is 16.5. The van der Waals surface area contributed by atoms with Crippen molar-refractivity contribution < 1.29 is 34.2 Å². The SMILES string of the molecule is CCN(C)Cc1ccc2cc3c(c(O)c2c1)C(O)=C1C(=O)[C@]2(O)C(=O)c4c(OCc5ccccc5)noc4[C@@H](N(C)C)[C@@H]2C[C@@H]1C3. The highest BCUT2D eigenvalue weighted by Gasteiger charge is 2.65. The van der Waals surface area contributed by atoms with Gasteiger partial charge < -0.3 is 29.5 Å². The molecule has 7 rings (SSSR count). The lowest BCUT2D eigenvalue weighted by Gasteiger charge is -2.49. The van der Waals surface area contributed by atoms with Crippen molar-refractivity contribution in [2.75, 3.05) is 27.7 Å². The molecule has 0 spiro atoms. The van der Waals surface area contributed by atoms with Crippen LogP contribution in [0.2, 0.25) is 0 Å². The molecule has 1 aromatic heterocycles. The first-order chi connectivity index (χ1) is 22.0. The van der Waals surface area contributed by atoms with Gasteiger partial charge >= 0.3 is 0 Å². The van der Waals surface area contributed by atoms with Crippen molar-refractivity contribution in [1.82, 2.24) is 15.0 Å². The van der Waals surface area contributed by atoms with E-state index in [-0.39, 0.29) is 47.1 Å². The molecular formula is C36H37N3O7. The Labute approximate surface area is 266 Å². The fourth-order valence-corrected chi connectivity index (χ4v) is 7.59. The van der Waals surface area contributed by atoms with Crippen molar-refractivity contribution in [3.05, 3.63) is 93.7 Å². The second-order valence-electron chi connectivity index (χ2n) is 13.0. The lowest BCUT2D eigenvalue weighted by Crippen LogP contribution is -2.63. The first-order valence-corrected chi connectivity index (χ1v) is 15.6. The minimum atomic E-state index is -2.50. The predicted octanol–water partition coefficient (Wildman–Crippen LogP) is 4.82. The number of phenols is 1. The molecule has 0 bridgehead atoms. The van der Waals surface area contributed by atoms with E-state index in [0.717, 1.165) is 23.1 Å². The Kier molecular flexibility index (Phi) is 7.26. The molecule has 0 radical (unpaired) electrons. The Morgan fingerprint density at radius 3 is 2.48 bits per heavy atom. The van der Waals surface area contributed by atoms with Crippen LogP contribution in [0.3, 0.4) is 0 Å². The number of phenolic OH excluding ortho intramolecular Hbond substituents is 1. The van der Waals surface area contributed by atoms with Crippen molar-refractivity contribution in [3.63, 3.8) is 0 Å². The van der Waals surface area contributed by atoms with E-state index in [2.05, 4.69) is 17.0 Å². The van der Waals surface area contributed by atoms with Crippen LogP contribution in [0.15, 0.2) is 64.7 Å². The largest absolute Gasteiger partial charge is 0.507 e. The van der Waals surface area contributed by atoms with Gasteiger partial charge in [0.1, 0.15) is 23.7 Å². The summed E-state index contributed by atoms with van der Waals surface area (Å²) in [7, 11) is 5.59. The Morgan fingerprint density at radius 1 is 1.00 bits per heavy atom. The molecule has 0 amide bonds. The molecule has 3 aromatic carbocycles. The molecule has 0 unspecified atom stereocenters. The molecule has 1 heterocycles. The van der Waals surface area contributed by atoms with Crippen LogP contribution in [0.4, 0.5) is 0 Å². The number of Topliss-reactive ketones (excluding diaryl/α,β-unsaturated/α-hetero) is 2. The van der Waals surface area contributed by atoms with E-state index in [9.17, 15) is 24.9 Å². The van der Waals surface area contributed by atoms with Crippen molar-refractivity contribution in [3.8, 4) is 11.6 Å². The van der Waals surface area contributed by atoms with Crippen LogP contribution in [-0.2, 0) is 24.4 Å². The maximum atomic E-state index is 14.4. The number of benzene rings is 3. The first kappa shape index (κ1) is 30.2. The number of aromatic nitrogens is 1. The molecular weight excluding hydrogens is 586 g/mol. The monoisotopic (exact) mass is 623 g/mol. The van der Waals surface area contributed by atoms with Crippen LogP contribution in [0.1, 0.15) is 57.8 Å². The fourth-order valence-electron chi connectivity index (χ4n) is 7.59. The van der Waals surface area contributed by atoms with Crippen LogP contribution in [-0.4, -0.2) is 75.1 Å². The molecule has 3 aliphatic rings. The van der Waals surface area contributed by atoms with Crippen LogP contribution in [0.25, 0.3) is 16.5 Å². The van der Waals surface area contributed by atoms with Gasteiger partial charge in [-0.25, -0.2) is 0 Å². The molecule has 4 aromatic rings. The summed E-state index contributed by atoms with van der Waals surface area (Å²) in [6.07, 6.45) is 0.566. The number of ether oxygens (including phenoxy) is 1. The van der Waals surface area contributed by atoms with Gasteiger partial charge in [0.25, 0.3) is 5.88 Å². The lowest BCUT2D eigenvalue weighted by molar-refractivity contribution is -0.142. The number of ketones is 2. The van der Waals surface area contributed by atoms with Gasteiger partial charge in [0, 0.05) is 23.4 Å². The maximum Gasteiger partial charge on any atom is 0.265 e. The van der Waals surface area contributed by atoms with Gasteiger partial charge in [-0.3, -0.25) is 14.5 Å². The van der Waals surface area contributed by atoms with Crippen LogP contribution in [0.5, 0.6) is 11.6 Å². The number of aliphatic hydroxyl groups is 2. The number of nitrogens with zero attached hydrogens (tertiary/aromatic N) is 3. The van der Waals surface area contributed by atoms with E-state index in [1.165, 1.54) is 0 Å². The van der Waals surface area contributed by atoms with Gasteiger partial charge in [-0.2, -0.15) is 0 Å². The third-order valence-electron chi connectivity index (χ3n) is 9.97. The van der Waals surface area contributed by atoms with Gasteiger partial charge in [-0.1, -0.05) is 55.5 Å². The number of hydrogen-bond donors (Lipinski definition) is 3. The normalized spacial score (nSPS) is 23.8. The minimum absolute atomic E-state index is 0.0414. The average Bonchev–Trinajstić information content (AvgIpc) is 3.45. The number of carbonyl (C=O) groups excluding carboxylic acids is 2. The first-order valence-electron chi connectivity index (χ1n) is 15.6. The Morgan fingerprint density at radius 2 is 1.76 bits per heavy atom. The molecule has 10 nitrogen and oxygen atoms in total.